The molecule has 0 radical (unpaired) electrons. The first-order chi connectivity index (χ1) is 8.77. The van der Waals surface area contributed by atoms with E-state index in [9.17, 15) is 0 Å². The molecular formula is C14H21ClO3Si. The average Bonchev–Trinajstić information content (AvgIpc) is 2.57. The van der Waals surface area contributed by atoms with Gasteiger partial charge >= 0.3 is 0 Å². The third kappa shape index (κ3) is 4.04. The molecule has 3 nitrogen and oxygen atoms in total. The number of halogens is 1. The molecule has 1 aliphatic heterocycles. The predicted octanol–water partition coefficient (Wildman–Crippen LogP) is 4.41. The normalized spacial score (nSPS) is 16.5. The van der Waals surface area contributed by atoms with Gasteiger partial charge in [0.2, 0.25) is 11.5 Å². The molecule has 0 spiro atoms. The summed E-state index contributed by atoms with van der Waals surface area (Å²) in [5, 5.41) is 0. The summed E-state index contributed by atoms with van der Waals surface area (Å²) in [6.07, 6.45) is 0.969. The van der Waals surface area contributed by atoms with E-state index in [1.165, 1.54) is 0 Å². The van der Waals surface area contributed by atoms with Crippen molar-refractivity contribution in [3.8, 4) is 17.2 Å². The molecule has 0 saturated heterocycles. The van der Waals surface area contributed by atoms with Gasteiger partial charge in [-0.1, -0.05) is 19.2 Å². The van der Waals surface area contributed by atoms with Gasteiger partial charge in [0.25, 0.3) is 0 Å². The molecule has 0 saturated carbocycles. The number of hydrogen-bond donors (Lipinski definition) is 0. The van der Waals surface area contributed by atoms with E-state index in [1.807, 2.05) is 32.0 Å². The zero-order chi connectivity index (χ0) is 14.1. The Bertz CT molecular complexity index is 454. The molecule has 0 fully saturated rings. The van der Waals surface area contributed by atoms with Crippen LogP contribution in [-0.4, -0.2) is 19.8 Å². The molecule has 0 unspecified atom stereocenters. The number of fused-ring (bicyclic) bond motifs is 1. The maximum atomic E-state index is 6.28. The molecule has 0 aliphatic carbocycles. The highest BCUT2D eigenvalue weighted by molar-refractivity contribution is 7.19. The highest BCUT2D eigenvalue weighted by Crippen LogP contribution is 2.45. The van der Waals surface area contributed by atoms with Gasteiger partial charge in [0, 0.05) is 13.8 Å². The number of rotatable bonds is 5. The number of para-hydroxylation sites is 1. The summed E-state index contributed by atoms with van der Waals surface area (Å²) < 4.78 is 17.2. The molecule has 1 aliphatic rings. The molecule has 1 heterocycles. The topological polar surface area (TPSA) is 27.7 Å². The predicted molar refractivity (Wildman–Crippen MR) is 80.0 cm³/mol. The molecule has 5 heteroatoms. The maximum Gasteiger partial charge on any atom is 0.246 e. The summed E-state index contributed by atoms with van der Waals surface area (Å²) >= 11 is 6.28. The fraction of sp³-hybridized carbons (Fsp3) is 0.571. The standard InChI is InChI=1S/C14H21ClO3Si/c1-14(2)17-12-8-5-7-11(13(12)18-14)16-9-6-10-19(3,4)15/h5,7-8H,6,9-10H2,1-4H3. The highest BCUT2D eigenvalue weighted by atomic mass is 35.6. The van der Waals surface area contributed by atoms with Crippen LogP contribution in [-0.2, 0) is 0 Å². The average molecular weight is 301 g/mol. The first kappa shape index (κ1) is 14.5. The highest BCUT2D eigenvalue weighted by Gasteiger charge is 2.34. The van der Waals surface area contributed by atoms with Gasteiger partial charge in [0.15, 0.2) is 18.9 Å². The minimum absolute atomic E-state index is 0.618. The van der Waals surface area contributed by atoms with Gasteiger partial charge in [-0.25, -0.2) is 0 Å². The third-order valence-electron chi connectivity index (χ3n) is 2.82. The molecule has 0 amide bonds. The third-order valence-corrected chi connectivity index (χ3v) is 4.93. The van der Waals surface area contributed by atoms with Gasteiger partial charge in [0.1, 0.15) is 0 Å². The van der Waals surface area contributed by atoms with E-state index >= 15 is 0 Å². The lowest BCUT2D eigenvalue weighted by Gasteiger charge is -2.17. The Kier molecular flexibility index (Phi) is 4.02. The molecule has 0 bridgehead atoms. The van der Waals surface area contributed by atoms with Crippen LogP contribution in [0.5, 0.6) is 17.2 Å². The van der Waals surface area contributed by atoms with Crippen molar-refractivity contribution < 1.29 is 14.2 Å². The van der Waals surface area contributed by atoms with Crippen molar-refractivity contribution in [2.45, 2.75) is 45.2 Å². The lowest BCUT2D eigenvalue weighted by atomic mass is 10.3. The second kappa shape index (κ2) is 5.25. The summed E-state index contributed by atoms with van der Waals surface area (Å²) in [4.78, 5) is 0. The molecule has 0 aromatic heterocycles. The Balaban J connectivity index is 1.94. The molecule has 1 aromatic carbocycles. The smallest absolute Gasteiger partial charge is 0.246 e. The largest absolute Gasteiger partial charge is 0.490 e. The molecule has 0 atom stereocenters. The SMILES string of the molecule is CC1(C)Oc2cccc(OCCC[Si](C)(C)Cl)c2O1. The number of ether oxygens (including phenoxy) is 3. The Labute approximate surface area is 120 Å². The van der Waals surface area contributed by atoms with Crippen molar-refractivity contribution in [2.75, 3.05) is 6.61 Å². The molecular weight excluding hydrogens is 280 g/mol. The van der Waals surface area contributed by atoms with E-state index in [0.717, 1.165) is 24.0 Å². The summed E-state index contributed by atoms with van der Waals surface area (Å²) in [6, 6.07) is 6.77. The Morgan fingerprint density at radius 1 is 1.26 bits per heavy atom. The quantitative estimate of drug-likeness (QED) is 0.458. The van der Waals surface area contributed by atoms with Crippen LogP contribution in [0.1, 0.15) is 20.3 Å². The zero-order valence-electron chi connectivity index (χ0n) is 12.0. The van der Waals surface area contributed by atoms with Crippen LogP contribution in [0.15, 0.2) is 18.2 Å². The van der Waals surface area contributed by atoms with Gasteiger partial charge in [-0.15, -0.1) is 0 Å². The van der Waals surface area contributed by atoms with Gasteiger partial charge < -0.3 is 14.2 Å². The second-order valence-electron chi connectivity index (χ2n) is 5.86. The van der Waals surface area contributed by atoms with Gasteiger partial charge in [0.05, 0.1) is 6.61 Å². The van der Waals surface area contributed by atoms with Gasteiger partial charge in [-0.3, -0.25) is 0 Å². The van der Waals surface area contributed by atoms with E-state index in [4.69, 9.17) is 25.3 Å². The molecule has 19 heavy (non-hydrogen) atoms. The minimum Gasteiger partial charge on any atom is -0.490 e. The molecule has 2 rings (SSSR count). The van der Waals surface area contributed by atoms with Crippen LogP contribution in [0.25, 0.3) is 0 Å². The fourth-order valence-electron chi connectivity index (χ4n) is 2.00. The van der Waals surface area contributed by atoms with Gasteiger partial charge in [-0.05, 0) is 24.6 Å². The van der Waals surface area contributed by atoms with Crippen LogP contribution < -0.4 is 14.2 Å². The summed E-state index contributed by atoms with van der Waals surface area (Å²) in [5.74, 6) is 1.58. The Hall–Kier alpha value is -0.873. The maximum absolute atomic E-state index is 6.28. The van der Waals surface area contributed by atoms with Crippen molar-refractivity contribution in [3.05, 3.63) is 18.2 Å². The van der Waals surface area contributed by atoms with Gasteiger partial charge in [-0.2, -0.15) is 11.1 Å². The lowest BCUT2D eigenvalue weighted by molar-refractivity contribution is -0.0441. The van der Waals surface area contributed by atoms with Crippen molar-refractivity contribution >= 4 is 18.5 Å². The monoisotopic (exact) mass is 300 g/mol. The number of hydrogen-bond acceptors (Lipinski definition) is 3. The van der Waals surface area contributed by atoms with Crippen LogP contribution in [0.2, 0.25) is 19.1 Å². The summed E-state index contributed by atoms with van der Waals surface area (Å²) in [5.41, 5.74) is 0. The summed E-state index contributed by atoms with van der Waals surface area (Å²) in [7, 11) is -1.50. The fourth-order valence-corrected chi connectivity index (χ4v) is 3.38. The van der Waals surface area contributed by atoms with Crippen LogP contribution in [0.4, 0.5) is 0 Å². The van der Waals surface area contributed by atoms with Crippen LogP contribution in [0.3, 0.4) is 0 Å². The van der Waals surface area contributed by atoms with E-state index in [1.54, 1.807) is 0 Å². The molecule has 106 valence electrons. The van der Waals surface area contributed by atoms with E-state index < -0.39 is 13.2 Å². The van der Waals surface area contributed by atoms with E-state index in [2.05, 4.69) is 13.1 Å². The lowest BCUT2D eigenvalue weighted by Crippen LogP contribution is -2.29. The minimum atomic E-state index is -1.50. The molecule has 0 N–H and O–H groups in total. The van der Waals surface area contributed by atoms with Crippen molar-refractivity contribution in [1.82, 2.24) is 0 Å². The first-order valence-electron chi connectivity index (χ1n) is 6.60. The zero-order valence-corrected chi connectivity index (χ0v) is 13.7. The van der Waals surface area contributed by atoms with E-state index in [0.29, 0.717) is 12.4 Å². The summed E-state index contributed by atoms with van der Waals surface area (Å²) in [6.45, 7) is 8.72. The number of benzene rings is 1. The van der Waals surface area contributed by atoms with Crippen LogP contribution in [0, 0.1) is 0 Å². The van der Waals surface area contributed by atoms with Crippen molar-refractivity contribution in [2.24, 2.45) is 0 Å². The second-order valence-corrected chi connectivity index (χ2v) is 12.9. The van der Waals surface area contributed by atoms with Crippen molar-refractivity contribution in [1.29, 1.82) is 0 Å². The first-order valence-corrected chi connectivity index (χ1v) is 10.8. The Morgan fingerprint density at radius 3 is 2.68 bits per heavy atom. The Morgan fingerprint density at radius 2 is 2.00 bits per heavy atom. The molecule has 1 aromatic rings. The van der Waals surface area contributed by atoms with Crippen LogP contribution >= 0.6 is 11.1 Å². The van der Waals surface area contributed by atoms with E-state index in [-0.39, 0.29) is 0 Å². The van der Waals surface area contributed by atoms with Crippen molar-refractivity contribution in [3.63, 3.8) is 0 Å².